The highest BCUT2D eigenvalue weighted by Gasteiger charge is 2.36. The van der Waals surface area contributed by atoms with Crippen molar-refractivity contribution in [2.24, 2.45) is 0 Å². The summed E-state index contributed by atoms with van der Waals surface area (Å²) in [7, 11) is -0.394. The number of nitrogens with one attached hydrogen (secondary N) is 1. The first-order valence-corrected chi connectivity index (χ1v) is 7.11. The fourth-order valence-electron chi connectivity index (χ4n) is 2.00. The van der Waals surface area contributed by atoms with E-state index in [1.165, 1.54) is 22.7 Å². The van der Waals surface area contributed by atoms with Crippen LogP contribution in [0, 0.1) is 6.92 Å². The quantitative estimate of drug-likeness (QED) is 0.834. The van der Waals surface area contributed by atoms with Gasteiger partial charge < -0.3 is 4.74 Å². The largest absolute Gasteiger partial charge is 0.378 e. The van der Waals surface area contributed by atoms with Crippen molar-refractivity contribution in [3.63, 3.8) is 0 Å². The van der Waals surface area contributed by atoms with Crippen molar-refractivity contribution in [1.29, 1.82) is 0 Å². The first kappa shape index (κ1) is 13.5. The second-order valence-electron chi connectivity index (χ2n) is 4.46. The maximum absolute atomic E-state index is 12.3. The van der Waals surface area contributed by atoms with Crippen LogP contribution in [0.15, 0.2) is 6.20 Å². The third kappa shape index (κ3) is 2.28. The minimum atomic E-state index is -3.45. The smallest absolute Gasteiger partial charge is 0.282 e. The van der Waals surface area contributed by atoms with Crippen LogP contribution in [0.4, 0.5) is 0 Å². The van der Waals surface area contributed by atoms with Crippen molar-refractivity contribution in [1.82, 2.24) is 18.8 Å². The molecule has 1 aromatic rings. The average Bonchev–Trinajstić information content (AvgIpc) is 2.75. The number of nitrogens with zero attached hydrogens (tertiary/aromatic N) is 3. The van der Waals surface area contributed by atoms with E-state index in [1.807, 2.05) is 6.92 Å². The second kappa shape index (κ2) is 4.96. The number of morpholine rings is 1. The molecule has 1 saturated heterocycles. The molecule has 0 amide bonds. The molecule has 1 atom stereocenters. The maximum Gasteiger partial charge on any atom is 0.282 e. The van der Waals surface area contributed by atoms with E-state index in [4.69, 9.17) is 4.74 Å². The fraction of sp³-hybridized carbons (Fsp3) is 0.700. The van der Waals surface area contributed by atoms with Crippen LogP contribution in [-0.2, 0) is 14.9 Å². The Balaban J connectivity index is 2.36. The standard InChI is InChI=1S/C10H18N4O3S/c1-8-6-11-12-10(8)9-7-17-5-4-14(9)18(15,16)13(2)3/h6,9H,4-5,7H2,1-3H3,(H,11,12)/t9-/m1/s1. The normalized spacial score (nSPS) is 22.6. The highest BCUT2D eigenvalue weighted by atomic mass is 32.2. The zero-order valence-corrected chi connectivity index (χ0v) is 11.6. The number of hydrogen-bond acceptors (Lipinski definition) is 4. The molecule has 0 bridgehead atoms. The summed E-state index contributed by atoms with van der Waals surface area (Å²) in [4.78, 5) is 0. The number of aryl methyl sites for hydroxylation is 1. The van der Waals surface area contributed by atoms with Crippen molar-refractivity contribution in [2.75, 3.05) is 33.9 Å². The molecule has 1 fully saturated rings. The van der Waals surface area contributed by atoms with Gasteiger partial charge in [0.25, 0.3) is 10.2 Å². The molecule has 1 N–H and O–H groups in total. The maximum atomic E-state index is 12.3. The van der Waals surface area contributed by atoms with Gasteiger partial charge in [0.1, 0.15) is 0 Å². The molecule has 0 aromatic carbocycles. The number of rotatable bonds is 3. The van der Waals surface area contributed by atoms with Crippen LogP contribution in [-0.4, -0.2) is 61.1 Å². The second-order valence-corrected chi connectivity index (χ2v) is 6.55. The van der Waals surface area contributed by atoms with Gasteiger partial charge in [-0.3, -0.25) is 5.10 Å². The molecule has 18 heavy (non-hydrogen) atoms. The highest BCUT2D eigenvalue weighted by Crippen LogP contribution is 2.28. The van der Waals surface area contributed by atoms with Gasteiger partial charge >= 0.3 is 0 Å². The van der Waals surface area contributed by atoms with E-state index in [9.17, 15) is 8.42 Å². The zero-order valence-electron chi connectivity index (χ0n) is 10.8. The van der Waals surface area contributed by atoms with Crippen LogP contribution in [0.25, 0.3) is 0 Å². The lowest BCUT2D eigenvalue weighted by Gasteiger charge is -2.35. The van der Waals surface area contributed by atoms with E-state index in [2.05, 4.69) is 10.2 Å². The van der Waals surface area contributed by atoms with Gasteiger partial charge in [-0.05, 0) is 12.5 Å². The topological polar surface area (TPSA) is 78.5 Å². The number of aromatic amines is 1. The Morgan fingerprint density at radius 3 is 2.83 bits per heavy atom. The Labute approximate surface area is 107 Å². The van der Waals surface area contributed by atoms with Gasteiger partial charge in [0.05, 0.1) is 31.1 Å². The van der Waals surface area contributed by atoms with E-state index < -0.39 is 10.2 Å². The fourth-order valence-corrected chi connectivity index (χ4v) is 3.21. The van der Waals surface area contributed by atoms with Gasteiger partial charge in [-0.25, -0.2) is 0 Å². The summed E-state index contributed by atoms with van der Waals surface area (Å²) in [6.07, 6.45) is 1.68. The lowest BCUT2D eigenvalue weighted by molar-refractivity contribution is 0.0282. The van der Waals surface area contributed by atoms with Crippen LogP contribution >= 0.6 is 0 Å². The Kier molecular flexibility index (Phi) is 3.71. The molecule has 0 spiro atoms. The summed E-state index contributed by atoms with van der Waals surface area (Å²) in [5, 5.41) is 6.80. The van der Waals surface area contributed by atoms with E-state index >= 15 is 0 Å². The predicted octanol–water partition coefficient (Wildman–Crippen LogP) is -0.102. The Morgan fingerprint density at radius 2 is 2.28 bits per heavy atom. The lowest BCUT2D eigenvalue weighted by Crippen LogP contribution is -2.48. The van der Waals surface area contributed by atoms with Crippen molar-refractivity contribution < 1.29 is 13.2 Å². The average molecular weight is 274 g/mol. The van der Waals surface area contributed by atoms with E-state index in [0.717, 1.165) is 11.3 Å². The van der Waals surface area contributed by atoms with Crippen molar-refractivity contribution in [3.8, 4) is 0 Å². The Hall–Kier alpha value is -0.960. The Morgan fingerprint density at radius 1 is 1.56 bits per heavy atom. The molecular weight excluding hydrogens is 256 g/mol. The number of hydrogen-bond donors (Lipinski definition) is 1. The SMILES string of the molecule is Cc1cn[nH]c1[C@H]1COCCN1S(=O)(=O)N(C)C. The van der Waals surface area contributed by atoms with Gasteiger partial charge in [0.15, 0.2) is 0 Å². The van der Waals surface area contributed by atoms with Gasteiger partial charge in [-0.15, -0.1) is 0 Å². The molecule has 1 aliphatic rings. The predicted molar refractivity (Wildman–Crippen MR) is 66.2 cm³/mol. The zero-order chi connectivity index (χ0) is 13.3. The molecule has 0 aliphatic carbocycles. The van der Waals surface area contributed by atoms with Gasteiger partial charge in [-0.2, -0.15) is 22.1 Å². The summed E-state index contributed by atoms with van der Waals surface area (Å²) in [5.74, 6) is 0. The van der Waals surface area contributed by atoms with E-state index in [0.29, 0.717) is 19.8 Å². The van der Waals surface area contributed by atoms with Gasteiger partial charge in [0, 0.05) is 20.6 Å². The highest BCUT2D eigenvalue weighted by molar-refractivity contribution is 7.86. The third-order valence-electron chi connectivity index (χ3n) is 3.04. The lowest BCUT2D eigenvalue weighted by atomic mass is 10.1. The van der Waals surface area contributed by atoms with Crippen LogP contribution in [0.5, 0.6) is 0 Å². The molecular formula is C10H18N4O3S. The molecule has 7 nitrogen and oxygen atoms in total. The summed E-state index contributed by atoms with van der Waals surface area (Å²) in [6.45, 7) is 3.00. The van der Waals surface area contributed by atoms with Gasteiger partial charge in [-0.1, -0.05) is 0 Å². The molecule has 2 heterocycles. The first-order valence-electron chi connectivity index (χ1n) is 5.71. The van der Waals surface area contributed by atoms with Crippen molar-refractivity contribution in [2.45, 2.75) is 13.0 Å². The summed E-state index contributed by atoms with van der Waals surface area (Å²) >= 11 is 0. The van der Waals surface area contributed by atoms with Crippen molar-refractivity contribution in [3.05, 3.63) is 17.5 Å². The summed E-state index contributed by atoms with van der Waals surface area (Å²) < 4.78 is 32.6. The molecule has 2 rings (SSSR count). The molecule has 0 unspecified atom stereocenters. The van der Waals surface area contributed by atoms with Gasteiger partial charge in [0.2, 0.25) is 0 Å². The summed E-state index contributed by atoms with van der Waals surface area (Å²) in [5.41, 5.74) is 1.73. The number of aromatic nitrogens is 2. The minimum Gasteiger partial charge on any atom is -0.378 e. The molecule has 8 heteroatoms. The third-order valence-corrected chi connectivity index (χ3v) is 4.99. The molecule has 1 aliphatic heterocycles. The first-order chi connectivity index (χ1) is 8.44. The van der Waals surface area contributed by atoms with Crippen LogP contribution in [0.2, 0.25) is 0 Å². The van der Waals surface area contributed by atoms with Crippen LogP contribution in [0.3, 0.4) is 0 Å². The van der Waals surface area contributed by atoms with Crippen LogP contribution in [0.1, 0.15) is 17.3 Å². The molecule has 0 saturated carbocycles. The van der Waals surface area contributed by atoms with E-state index in [-0.39, 0.29) is 6.04 Å². The Bertz CT molecular complexity index is 511. The van der Waals surface area contributed by atoms with E-state index in [1.54, 1.807) is 6.20 Å². The number of H-pyrrole nitrogens is 1. The molecule has 102 valence electrons. The molecule has 0 radical (unpaired) electrons. The minimum absolute atomic E-state index is 0.339. The van der Waals surface area contributed by atoms with Crippen LogP contribution < -0.4 is 0 Å². The molecule has 1 aromatic heterocycles. The van der Waals surface area contributed by atoms with Crippen molar-refractivity contribution >= 4 is 10.2 Å². The monoisotopic (exact) mass is 274 g/mol. The summed E-state index contributed by atoms with van der Waals surface area (Å²) in [6, 6.07) is -0.339. The number of ether oxygens (including phenoxy) is 1.